The maximum absolute atomic E-state index is 5.08. The lowest BCUT2D eigenvalue weighted by Crippen LogP contribution is -2.20. The molecule has 1 aliphatic carbocycles. The molecule has 8 atom stereocenters. The van der Waals surface area contributed by atoms with Crippen molar-refractivity contribution in [3.05, 3.63) is 242 Å². The summed E-state index contributed by atoms with van der Waals surface area (Å²) in [7, 11) is 1.69. The molecule has 0 N–H and O–H groups in total. The van der Waals surface area contributed by atoms with Crippen LogP contribution in [0.25, 0.3) is 0 Å². The van der Waals surface area contributed by atoms with Crippen LogP contribution in [0.5, 0.6) is 5.75 Å². The van der Waals surface area contributed by atoms with Crippen LogP contribution in [0.15, 0.2) is 170 Å². The quantitative estimate of drug-likeness (QED) is 0.105. The summed E-state index contributed by atoms with van der Waals surface area (Å²) in [5, 5.41) is 0. The minimum Gasteiger partial charge on any atom is -0.497 e. The molecular formula is C98H168O. The third-order valence-corrected chi connectivity index (χ3v) is 17.9. The van der Waals surface area contributed by atoms with Gasteiger partial charge in [0.25, 0.3) is 0 Å². The molecule has 0 heterocycles. The Kier molecular flexibility index (Phi) is 76.3. The fraction of sp³-hybridized carbons (Fsp3) is 0.571. The second kappa shape index (κ2) is 70.8. The van der Waals surface area contributed by atoms with Crippen LogP contribution in [-0.2, 0) is 24.7 Å². The van der Waals surface area contributed by atoms with Gasteiger partial charge in [0.05, 0.1) is 7.11 Å². The number of aryl methyl sites for hydroxylation is 4. The zero-order valence-corrected chi connectivity index (χ0v) is 73.1. The molecule has 8 rings (SSSR count). The van der Waals surface area contributed by atoms with Crippen molar-refractivity contribution in [2.24, 2.45) is 11.8 Å². The molecule has 0 aromatic heterocycles. The summed E-state index contributed by atoms with van der Waals surface area (Å²) in [6.07, 6.45) is 11.0. The van der Waals surface area contributed by atoms with Crippen molar-refractivity contribution < 1.29 is 4.74 Å². The molecule has 1 aliphatic rings. The fourth-order valence-electron chi connectivity index (χ4n) is 9.66. The SMILES string of the molecule is CC.CC.CC.CC.CC.CC.CC.CC.CC1Cc2ccccc2CC1C.CCC(C)c1ccc(C)c(C)c1.CCC(C)c1ccc(OC)cc1.CCC(C)c1cccc(C(C)(C)C)c1.CCC(C)c1cccc(C)c1.CCC(C)c1ccccc1.CCc1cccc(C(C)CC)c1. The second-order valence-electron chi connectivity index (χ2n) is 25.4. The largest absolute Gasteiger partial charge is 0.497 e. The predicted molar refractivity (Wildman–Crippen MR) is 463 cm³/mol. The lowest BCUT2D eigenvalue weighted by atomic mass is 9.78. The van der Waals surface area contributed by atoms with Crippen molar-refractivity contribution in [3.8, 4) is 5.75 Å². The van der Waals surface area contributed by atoms with Gasteiger partial charge in [-0.05, 0) is 210 Å². The van der Waals surface area contributed by atoms with Crippen molar-refractivity contribution in [1.29, 1.82) is 0 Å². The van der Waals surface area contributed by atoms with E-state index >= 15 is 0 Å². The predicted octanol–water partition coefficient (Wildman–Crippen LogP) is 33.3. The highest BCUT2D eigenvalue weighted by Gasteiger charge is 2.21. The topological polar surface area (TPSA) is 9.23 Å². The lowest BCUT2D eigenvalue weighted by Gasteiger charge is -2.27. The Balaban J connectivity index is -0.000000193. The zero-order valence-electron chi connectivity index (χ0n) is 73.1. The summed E-state index contributed by atoms with van der Waals surface area (Å²) in [6, 6.07) is 61.3. The molecule has 0 spiro atoms. The van der Waals surface area contributed by atoms with Crippen LogP contribution in [0, 0.1) is 32.6 Å². The molecule has 8 unspecified atom stereocenters. The van der Waals surface area contributed by atoms with E-state index in [1.54, 1.807) is 18.2 Å². The second-order valence-corrected chi connectivity index (χ2v) is 25.4. The summed E-state index contributed by atoms with van der Waals surface area (Å²) < 4.78 is 5.08. The maximum Gasteiger partial charge on any atom is 0.118 e. The van der Waals surface area contributed by atoms with Gasteiger partial charge in [0.2, 0.25) is 0 Å². The number of rotatable bonds is 14. The van der Waals surface area contributed by atoms with Crippen LogP contribution in [0.2, 0.25) is 0 Å². The molecule has 566 valence electrons. The first-order valence-corrected chi connectivity index (χ1v) is 40.6. The first-order valence-electron chi connectivity index (χ1n) is 40.6. The average Bonchev–Trinajstić information content (AvgIpc) is 0.854. The summed E-state index contributed by atoms with van der Waals surface area (Å²) in [6.45, 7) is 79.2. The smallest absolute Gasteiger partial charge is 0.118 e. The van der Waals surface area contributed by atoms with Gasteiger partial charge in [-0.3, -0.25) is 0 Å². The Morgan fingerprint density at radius 3 is 1.00 bits per heavy atom. The molecule has 7 aromatic carbocycles. The van der Waals surface area contributed by atoms with Crippen molar-refractivity contribution in [1.82, 2.24) is 0 Å². The standard InChI is InChI=1S/C14H22.C12H16.2C12H18.C11H16O.C11H16.C10H14.8C2H6/c1-6-11(2)12-8-7-9-13(10-12)14(3,4)5;1-9-7-11-5-3-4-6-12(11)8-10(9)2;1-5-9(2)12-7-6-10(3)11(4)8-12;1-4-10(3)12-8-6-7-11(5-2)9-12;1-4-9(2)10-5-7-11(12-3)8-6-10;1-4-10(3)11-7-5-6-9(2)8-11;1-3-9(2)10-7-5-4-6-8-10;8*1-2/h7-11H,6H2,1-5H3;3-6,9-10H,7-8H2,1-2H3;6-9H,5H2,1-4H3;6-10H,4-5H2,1-3H3;5-9H,4H2,1-3H3;5-8,10H,4H2,1-3H3;4-9H,3H2,1-2H3;8*1-2H3. The monoisotopic (exact) mass is 1360 g/mol. The summed E-state index contributed by atoms with van der Waals surface area (Å²) in [5.41, 5.74) is 19.2. The number of benzene rings is 7. The van der Waals surface area contributed by atoms with Crippen molar-refractivity contribution in [3.63, 3.8) is 0 Å². The Morgan fingerprint density at radius 1 is 0.333 bits per heavy atom. The molecule has 99 heavy (non-hydrogen) atoms. The van der Waals surface area contributed by atoms with E-state index in [0.29, 0.717) is 35.5 Å². The Bertz CT molecular complexity index is 2740. The highest BCUT2D eigenvalue weighted by atomic mass is 16.5. The first kappa shape index (κ1) is 107. The third kappa shape index (κ3) is 48.7. The van der Waals surface area contributed by atoms with Crippen LogP contribution in [0.4, 0.5) is 0 Å². The van der Waals surface area contributed by atoms with Gasteiger partial charge in [0.1, 0.15) is 5.75 Å². The van der Waals surface area contributed by atoms with E-state index in [9.17, 15) is 0 Å². The Morgan fingerprint density at radius 2 is 0.646 bits per heavy atom. The number of methoxy groups -OCH3 is 1. The molecule has 0 radical (unpaired) electrons. The van der Waals surface area contributed by atoms with Gasteiger partial charge in [-0.25, -0.2) is 0 Å². The van der Waals surface area contributed by atoms with Crippen LogP contribution in [0.1, 0.15) is 382 Å². The van der Waals surface area contributed by atoms with Gasteiger partial charge >= 0.3 is 0 Å². The first-order chi connectivity index (χ1) is 47.5. The Hall–Kier alpha value is -5.66. The molecule has 0 saturated heterocycles. The van der Waals surface area contributed by atoms with E-state index in [-0.39, 0.29) is 5.41 Å². The molecular weight excluding hydrogens is 1190 g/mol. The van der Waals surface area contributed by atoms with Gasteiger partial charge in [0.15, 0.2) is 0 Å². The van der Waals surface area contributed by atoms with E-state index in [4.69, 9.17) is 4.74 Å². The number of ether oxygens (including phenoxy) is 1. The molecule has 0 saturated carbocycles. The van der Waals surface area contributed by atoms with Crippen molar-refractivity contribution >= 4 is 0 Å². The molecule has 7 aromatic rings. The van der Waals surface area contributed by atoms with Gasteiger partial charge in [-0.1, -0.05) is 399 Å². The maximum atomic E-state index is 5.08. The highest BCUT2D eigenvalue weighted by molar-refractivity contribution is 5.34. The summed E-state index contributed by atoms with van der Waals surface area (Å²) in [4.78, 5) is 0. The molecule has 0 fully saturated rings. The van der Waals surface area contributed by atoms with Crippen LogP contribution >= 0.6 is 0 Å². The van der Waals surface area contributed by atoms with Crippen molar-refractivity contribution in [2.75, 3.05) is 7.11 Å². The molecule has 1 nitrogen and oxygen atoms in total. The molecule has 0 amide bonds. The van der Waals surface area contributed by atoms with E-state index in [1.807, 2.05) is 123 Å². The van der Waals surface area contributed by atoms with Gasteiger partial charge < -0.3 is 4.74 Å². The van der Waals surface area contributed by atoms with E-state index in [0.717, 1.165) is 24.0 Å². The fourth-order valence-corrected chi connectivity index (χ4v) is 9.66. The number of hydrogen-bond acceptors (Lipinski definition) is 1. The van der Waals surface area contributed by atoms with E-state index < -0.39 is 0 Å². The number of fused-ring (bicyclic) bond motifs is 1. The molecule has 0 aliphatic heterocycles. The minimum absolute atomic E-state index is 0.267. The summed E-state index contributed by atoms with van der Waals surface area (Å²) >= 11 is 0. The van der Waals surface area contributed by atoms with Crippen LogP contribution < -0.4 is 4.74 Å². The van der Waals surface area contributed by atoms with E-state index in [2.05, 4.69) is 303 Å². The Labute approximate surface area is 622 Å². The zero-order chi connectivity index (χ0) is 78.1. The van der Waals surface area contributed by atoms with Crippen LogP contribution in [-0.4, -0.2) is 7.11 Å². The van der Waals surface area contributed by atoms with Crippen LogP contribution in [0.3, 0.4) is 0 Å². The number of hydrogen-bond donors (Lipinski definition) is 0. The van der Waals surface area contributed by atoms with Crippen molar-refractivity contribution in [2.45, 2.75) is 355 Å². The minimum atomic E-state index is 0.267. The van der Waals surface area contributed by atoms with Gasteiger partial charge in [0, 0.05) is 0 Å². The third-order valence-electron chi connectivity index (χ3n) is 17.9. The molecule has 1 heteroatoms. The highest BCUT2D eigenvalue weighted by Crippen LogP contribution is 2.30. The van der Waals surface area contributed by atoms with Gasteiger partial charge in [-0.15, -0.1) is 0 Å². The van der Waals surface area contributed by atoms with Gasteiger partial charge in [-0.2, -0.15) is 0 Å². The van der Waals surface area contributed by atoms with E-state index in [1.165, 1.54) is 113 Å². The summed E-state index contributed by atoms with van der Waals surface area (Å²) in [5.74, 6) is 6.80. The normalized spacial score (nSPS) is 13.3. The lowest BCUT2D eigenvalue weighted by molar-refractivity contribution is 0.361. The average molecular weight is 1360 g/mol. The molecule has 0 bridgehead atoms.